The van der Waals surface area contributed by atoms with Gasteiger partial charge in [-0.2, -0.15) is 0 Å². The van der Waals surface area contributed by atoms with Crippen molar-refractivity contribution in [2.24, 2.45) is 0 Å². The van der Waals surface area contributed by atoms with Crippen molar-refractivity contribution in [2.75, 3.05) is 5.32 Å². The number of nitrogens with one attached hydrogen (secondary N) is 1. The molecule has 5 aromatic rings. The molecule has 0 spiro atoms. The minimum Gasteiger partial charge on any atom is -0.436 e. The van der Waals surface area contributed by atoms with Crippen LogP contribution in [0.1, 0.15) is 15.2 Å². The van der Waals surface area contributed by atoms with Gasteiger partial charge in [-0.25, -0.2) is 4.98 Å². The van der Waals surface area contributed by atoms with Crippen molar-refractivity contribution in [2.45, 2.75) is 6.92 Å². The van der Waals surface area contributed by atoms with E-state index in [-0.39, 0.29) is 5.91 Å². The maximum atomic E-state index is 12.8. The number of halogens is 1. The number of benzene rings is 3. The quantitative estimate of drug-likeness (QED) is 0.346. The molecule has 0 radical (unpaired) electrons. The van der Waals surface area contributed by atoms with Crippen LogP contribution in [-0.4, -0.2) is 10.9 Å². The van der Waals surface area contributed by atoms with Crippen LogP contribution in [0, 0.1) is 6.92 Å². The van der Waals surface area contributed by atoms with Crippen LogP contribution < -0.4 is 5.32 Å². The fourth-order valence-corrected chi connectivity index (χ4v) is 4.67. The number of hydrogen-bond acceptors (Lipinski definition) is 4. The third-order valence-corrected chi connectivity index (χ3v) is 6.33. The van der Waals surface area contributed by atoms with Crippen molar-refractivity contribution < 1.29 is 9.21 Å². The van der Waals surface area contributed by atoms with Gasteiger partial charge in [0.15, 0.2) is 5.58 Å². The zero-order valence-corrected chi connectivity index (χ0v) is 17.0. The molecule has 2 aromatic heterocycles. The zero-order valence-electron chi connectivity index (χ0n) is 15.4. The van der Waals surface area contributed by atoms with E-state index in [0.717, 1.165) is 21.2 Å². The van der Waals surface area contributed by atoms with E-state index in [0.29, 0.717) is 32.6 Å². The average Bonchev–Trinajstić information content (AvgIpc) is 3.29. The second-order valence-electron chi connectivity index (χ2n) is 6.77. The predicted molar refractivity (Wildman–Crippen MR) is 119 cm³/mol. The lowest BCUT2D eigenvalue weighted by Gasteiger charge is -2.03. The van der Waals surface area contributed by atoms with E-state index < -0.39 is 0 Å². The summed E-state index contributed by atoms with van der Waals surface area (Å²) in [5, 5.41) is 4.28. The summed E-state index contributed by atoms with van der Waals surface area (Å²) in [6.45, 7) is 2.03. The van der Waals surface area contributed by atoms with Crippen LogP contribution >= 0.6 is 22.9 Å². The summed E-state index contributed by atoms with van der Waals surface area (Å²) in [5.74, 6) is 0.317. The van der Waals surface area contributed by atoms with E-state index in [1.165, 1.54) is 11.3 Å². The number of thiophene rings is 1. The summed E-state index contributed by atoms with van der Waals surface area (Å²) in [4.78, 5) is 17.8. The molecule has 0 saturated heterocycles. The van der Waals surface area contributed by atoms with Gasteiger partial charge in [0.05, 0.1) is 5.02 Å². The van der Waals surface area contributed by atoms with E-state index >= 15 is 0 Å². The Morgan fingerprint density at radius 1 is 1.07 bits per heavy atom. The number of rotatable bonds is 3. The van der Waals surface area contributed by atoms with E-state index in [2.05, 4.69) is 10.3 Å². The fraction of sp³-hybridized carbons (Fsp3) is 0.0435. The van der Waals surface area contributed by atoms with E-state index in [9.17, 15) is 4.79 Å². The second kappa shape index (κ2) is 7.03. The predicted octanol–water partition coefficient (Wildman–Crippen LogP) is 6.92. The summed E-state index contributed by atoms with van der Waals surface area (Å²) in [5.41, 5.74) is 4.04. The molecule has 0 unspecified atom stereocenters. The summed E-state index contributed by atoms with van der Waals surface area (Å²) in [6, 6.07) is 21.1. The Hall–Kier alpha value is -3.15. The smallest absolute Gasteiger partial charge is 0.267 e. The highest BCUT2D eigenvalue weighted by atomic mass is 35.5. The number of anilines is 1. The molecule has 0 bridgehead atoms. The minimum absolute atomic E-state index is 0.238. The molecule has 0 aliphatic heterocycles. The summed E-state index contributed by atoms with van der Waals surface area (Å²) < 4.78 is 6.85. The molecule has 0 fully saturated rings. The molecule has 1 N–H and O–H groups in total. The Bertz CT molecular complexity index is 1390. The van der Waals surface area contributed by atoms with E-state index in [1.54, 1.807) is 12.1 Å². The van der Waals surface area contributed by atoms with Crippen LogP contribution in [0.2, 0.25) is 5.02 Å². The van der Waals surface area contributed by atoms with Gasteiger partial charge in [-0.3, -0.25) is 4.79 Å². The second-order valence-corrected chi connectivity index (χ2v) is 8.20. The van der Waals surface area contributed by atoms with Gasteiger partial charge in [0.25, 0.3) is 5.91 Å². The number of aryl methyl sites for hydroxylation is 1. The van der Waals surface area contributed by atoms with Gasteiger partial charge in [0, 0.05) is 21.3 Å². The molecule has 142 valence electrons. The van der Waals surface area contributed by atoms with E-state index in [1.807, 2.05) is 61.5 Å². The van der Waals surface area contributed by atoms with Crippen molar-refractivity contribution >= 4 is 55.7 Å². The topological polar surface area (TPSA) is 55.1 Å². The lowest BCUT2D eigenvalue weighted by Crippen LogP contribution is -2.10. The van der Waals surface area contributed by atoms with Crippen molar-refractivity contribution in [3.05, 3.63) is 82.2 Å². The first-order chi connectivity index (χ1) is 14.1. The van der Waals surface area contributed by atoms with Crippen molar-refractivity contribution in [1.29, 1.82) is 0 Å². The molecule has 29 heavy (non-hydrogen) atoms. The van der Waals surface area contributed by atoms with Gasteiger partial charge >= 0.3 is 0 Å². The molecule has 1 amide bonds. The number of aromatic nitrogens is 1. The summed E-state index contributed by atoms with van der Waals surface area (Å²) in [6.07, 6.45) is 0. The Kier molecular flexibility index (Phi) is 4.34. The fourth-order valence-electron chi connectivity index (χ4n) is 3.25. The number of fused-ring (bicyclic) bond motifs is 2. The zero-order chi connectivity index (χ0) is 20.0. The van der Waals surface area contributed by atoms with Crippen LogP contribution in [0.4, 0.5) is 5.69 Å². The van der Waals surface area contributed by atoms with Crippen molar-refractivity contribution in [1.82, 2.24) is 4.98 Å². The van der Waals surface area contributed by atoms with Crippen LogP contribution in [0.15, 0.2) is 71.1 Å². The number of oxazole rings is 1. The standard InChI is InChI=1S/C23H15ClN2O2S/c1-13-5-4-6-14(11-13)23-26-17-12-15(9-10-18(17)28-23)25-22(27)21-20(24)16-7-2-3-8-19(16)29-21/h2-12H,1H3,(H,25,27). The Labute approximate surface area is 175 Å². The molecule has 0 saturated carbocycles. The van der Waals surface area contributed by atoms with Gasteiger partial charge in [0.2, 0.25) is 5.89 Å². The third-order valence-electron chi connectivity index (χ3n) is 4.65. The SMILES string of the molecule is Cc1cccc(-c2nc3cc(NC(=O)c4sc5ccccc5c4Cl)ccc3o2)c1. The highest BCUT2D eigenvalue weighted by Gasteiger charge is 2.17. The monoisotopic (exact) mass is 418 g/mol. The highest BCUT2D eigenvalue weighted by molar-refractivity contribution is 7.21. The van der Waals surface area contributed by atoms with Crippen molar-refractivity contribution in [3.8, 4) is 11.5 Å². The largest absolute Gasteiger partial charge is 0.436 e. The maximum absolute atomic E-state index is 12.8. The van der Waals surface area contributed by atoms with Crippen LogP contribution in [0.25, 0.3) is 32.6 Å². The minimum atomic E-state index is -0.238. The van der Waals surface area contributed by atoms with E-state index in [4.69, 9.17) is 16.0 Å². The van der Waals surface area contributed by atoms with Crippen molar-refractivity contribution in [3.63, 3.8) is 0 Å². The van der Waals surface area contributed by atoms with Gasteiger partial charge < -0.3 is 9.73 Å². The number of carbonyl (C=O) groups excluding carboxylic acids is 1. The number of hydrogen-bond donors (Lipinski definition) is 1. The van der Waals surface area contributed by atoms with Gasteiger partial charge in [0.1, 0.15) is 10.4 Å². The molecule has 5 rings (SSSR count). The maximum Gasteiger partial charge on any atom is 0.267 e. The molecule has 0 aliphatic carbocycles. The summed E-state index contributed by atoms with van der Waals surface area (Å²) in [7, 11) is 0. The molecule has 3 aromatic carbocycles. The molecule has 0 atom stereocenters. The first-order valence-corrected chi connectivity index (χ1v) is 10.2. The molecule has 6 heteroatoms. The van der Waals surface area contributed by atoms with Crippen LogP contribution in [0.3, 0.4) is 0 Å². The molecular weight excluding hydrogens is 404 g/mol. The van der Waals surface area contributed by atoms with Crippen LogP contribution in [0.5, 0.6) is 0 Å². The Morgan fingerprint density at radius 3 is 2.76 bits per heavy atom. The first kappa shape index (κ1) is 17.9. The Balaban J connectivity index is 1.45. The molecule has 4 nitrogen and oxygen atoms in total. The first-order valence-electron chi connectivity index (χ1n) is 9.04. The van der Waals surface area contributed by atoms with Crippen LogP contribution in [-0.2, 0) is 0 Å². The van der Waals surface area contributed by atoms with Gasteiger partial charge in [-0.1, -0.05) is 47.5 Å². The normalized spacial score (nSPS) is 11.2. The molecule has 0 aliphatic rings. The average molecular weight is 419 g/mol. The van der Waals surface area contributed by atoms with Gasteiger partial charge in [-0.15, -0.1) is 11.3 Å². The lowest BCUT2D eigenvalue weighted by atomic mass is 10.1. The molecular formula is C23H15ClN2O2S. The highest BCUT2D eigenvalue weighted by Crippen LogP contribution is 2.35. The number of amides is 1. The third kappa shape index (κ3) is 3.28. The Morgan fingerprint density at radius 2 is 1.93 bits per heavy atom. The van der Waals surface area contributed by atoms with Gasteiger partial charge in [-0.05, 0) is 43.3 Å². The lowest BCUT2D eigenvalue weighted by molar-refractivity contribution is 0.103. The molecule has 2 heterocycles. The number of carbonyl (C=O) groups is 1. The number of nitrogens with zero attached hydrogens (tertiary/aromatic N) is 1. The summed E-state index contributed by atoms with van der Waals surface area (Å²) >= 11 is 7.80.